The molecular formula is C23H30N2O3S. The van der Waals surface area contributed by atoms with E-state index in [-0.39, 0.29) is 16.8 Å². The number of aryl methyl sites for hydroxylation is 2. The van der Waals surface area contributed by atoms with Crippen LogP contribution < -0.4 is 5.32 Å². The van der Waals surface area contributed by atoms with Gasteiger partial charge in [-0.1, -0.05) is 38.5 Å². The lowest BCUT2D eigenvalue weighted by atomic mass is 10.0. The standard InChI is InChI=1S/C23H30N2O3S/c1-4-18-10-8-11-19(5-2)22(18)24-23(26)20-12-14-21(15-13-20)29(27,28)25-16-7-6-9-17(25)3/h8,10-15,17H,4-7,9,16H2,1-3H3,(H,24,26). The molecule has 1 N–H and O–H groups in total. The zero-order chi connectivity index (χ0) is 21.0. The van der Waals surface area contributed by atoms with Crippen molar-refractivity contribution in [3.8, 4) is 0 Å². The van der Waals surface area contributed by atoms with E-state index in [1.807, 2.05) is 25.1 Å². The maximum Gasteiger partial charge on any atom is 0.255 e. The molecule has 1 amide bonds. The number of benzene rings is 2. The number of para-hydroxylation sites is 1. The zero-order valence-electron chi connectivity index (χ0n) is 17.4. The van der Waals surface area contributed by atoms with E-state index >= 15 is 0 Å². The van der Waals surface area contributed by atoms with E-state index in [9.17, 15) is 13.2 Å². The number of hydrogen-bond acceptors (Lipinski definition) is 3. The minimum Gasteiger partial charge on any atom is -0.321 e. The van der Waals surface area contributed by atoms with Gasteiger partial charge in [0.15, 0.2) is 0 Å². The predicted octanol–water partition coefficient (Wildman–Crippen LogP) is 4.63. The summed E-state index contributed by atoms with van der Waals surface area (Å²) in [7, 11) is -3.53. The molecule has 0 saturated carbocycles. The van der Waals surface area contributed by atoms with E-state index in [0.29, 0.717) is 12.1 Å². The third-order valence-electron chi connectivity index (χ3n) is 5.70. The summed E-state index contributed by atoms with van der Waals surface area (Å²) < 4.78 is 27.5. The number of hydrogen-bond donors (Lipinski definition) is 1. The van der Waals surface area contributed by atoms with Crippen LogP contribution in [-0.2, 0) is 22.9 Å². The van der Waals surface area contributed by atoms with Gasteiger partial charge in [0, 0.05) is 23.8 Å². The van der Waals surface area contributed by atoms with E-state index in [1.165, 1.54) is 12.1 Å². The van der Waals surface area contributed by atoms with E-state index in [4.69, 9.17) is 0 Å². The van der Waals surface area contributed by atoms with Crippen LogP contribution in [0.25, 0.3) is 0 Å². The first-order chi connectivity index (χ1) is 13.9. The number of amides is 1. The Bertz CT molecular complexity index is 946. The lowest BCUT2D eigenvalue weighted by Gasteiger charge is -2.32. The van der Waals surface area contributed by atoms with Gasteiger partial charge in [-0.3, -0.25) is 4.79 Å². The van der Waals surface area contributed by atoms with Gasteiger partial charge in [-0.05, 0) is 68.0 Å². The van der Waals surface area contributed by atoms with Gasteiger partial charge < -0.3 is 5.32 Å². The molecule has 1 unspecified atom stereocenters. The molecule has 3 rings (SSSR count). The highest BCUT2D eigenvalue weighted by molar-refractivity contribution is 7.89. The first kappa shape index (κ1) is 21.5. The molecule has 0 radical (unpaired) electrons. The van der Waals surface area contributed by atoms with Crippen molar-refractivity contribution in [1.82, 2.24) is 4.31 Å². The van der Waals surface area contributed by atoms with Gasteiger partial charge in [-0.25, -0.2) is 8.42 Å². The van der Waals surface area contributed by atoms with Crippen LogP contribution in [0.1, 0.15) is 61.5 Å². The molecule has 1 aliphatic heterocycles. The quantitative estimate of drug-likeness (QED) is 0.750. The lowest BCUT2D eigenvalue weighted by Crippen LogP contribution is -2.41. The second kappa shape index (κ2) is 9.09. The van der Waals surface area contributed by atoms with Gasteiger partial charge >= 0.3 is 0 Å². The number of carbonyl (C=O) groups is 1. The van der Waals surface area contributed by atoms with Crippen molar-refractivity contribution in [2.24, 2.45) is 0 Å². The van der Waals surface area contributed by atoms with Crippen LogP contribution in [0.3, 0.4) is 0 Å². The molecule has 0 bridgehead atoms. The van der Waals surface area contributed by atoms with Crippen LogP contribution in [0.15, 0.2) is 47.4 Å². The highest BCUT2D eigenvalue weighted by Crippen LogP contribution is 2.26. The van der Waals surface area contributed by atoms with Crippen LogP contribution in [0.2, 0.25) is 0 Å². The molecule has 0 aromatic heterocycles. The first-order valence-corrected chi connectivity index (χ1v) is 11.9. The molecule has 1 heterocycles. The summed E-state index contributed by atoms with van der Waals surface area (Å²) in [6.07, 6.45) is 4.49. The van der Waals surface area contributed by atoms with Gasteiger partial charge in [0.2, 0.25) is 10.0 Å². The Morgan fingerprint density at radius 3 is 2.21 bits per heavy atom. The molecule has 2 aromatic carbocycles. The van der Waals surface area contributed by atoms with Crippen LogP contribution >= 0.6 is 0 Å². The third kappa shape index (κ3) is 4.54. The largest absolute Gasteiger partial charge is 0.321 e. The Morgan fingerprint density at radius 1 is 1.03 bits per heavy atom. The smallest absolute Gasteiger partial charge is 0.255 e. The molecule has 2 aromatic rings. The molecule has 1 saturated heterocycles. The van der Waals surface area contributed by atoms with E-state index in [0.717, 1.165) is 48.9 Å². The lowest BCUT2D eigenvalue weighted by molar-refractivity contribution is 0.102. The van der Waals surface area contributed by atoms with Crippen molar-refractivity contribution in [3.63, 3.8) is 0 Å². The molecule has 29 heavy (non-hydrogen) atoms. The fraction of sp³-hybridized carbons (Fsp3) is 0.435. The molecule has 6 heteroatoms. The number of sulfonamides is 1. The molecule has 5 nitrogen and oxygen atoms in total. The number of rotatable bonds is 6. The summed E-state index contributed by atoms with van der Waals surface area (Å²) in [6, 6.07) is 12.3. The molecule has 0 spiro atoms. The summed E-state index contributed by atoms with van der Waals surface area (Å²) in [5.74, 6) is -0.226. The topological polar surface area (TPSA) is 66.5 Å². The minimum atomic E-state index is -3.53. The van der Waals surface area contributed by atoms with Crippen molar-refractivity contribution in [3.05, 3.63) is 59.2 Å². The molecule has 0 aliphatic carbocycles. The Kier molecular flexibility index (Phi) is 6.75. The monoisotopic (exact) mass is 414 g/mol. The summed E-state index contributed by atoms with van der Waals surface area (Å²) in [6.45, 7) is 6.63. The number of piperidine rings is 1. The maximum absolute atomic E-state index is 13.0. The van der Waals surface area contributed by atoms with Crippen molar-refractivity contribution in [1.29, 1.82) is 0 Å². The van der Waals surface area contributed by atoms with Crippen molar-refractivity contribution >= 4 is 21.6 Å². The Labute approximate surface area is 174 Å². The van der Waals surface area contributed by atoms with Crippen molar-refractivity contribution < 1.29 is 13.2 Å². The highest BCUT2D eigenvalue weighted by Gasteiger charge is 2.30. The summed E-state index contributed by atoms with van der Waals surface area (Å²) in [5.41, 5.74) is 3.50. The summed E-state index contributed by atoms with van der Waals surface area (Å²) in [4.78, 5) is 13.0. The first-order valence-electron chi connectivity index (χ1n) is 10.4. The Hall–Kier alpha value is -2.18. The highest BCUT2D eigenvalue weighted by atomic mass is 32.2. The Balaban J connectivity index is 1.81. The molecule has 1 aliphatic rings. The normalized spacial score (nSPS) is 17.8. The van der Waals surface area contributed by atoms with Gasteiger partial charge in [0.05, 0.1) is 4.90 Å². The fourth-order valence-corrected chi connectivity index (χ4v) is 5.63. The van der Waals surface area contributed by atoms with Gasteiger partial charge in [0.1, 0.15) is 0 Å². The third-order valence-corrected chi connectivity index (χ3v) is 7.73. The maximum atomic E-state index is 13.0. The summed E-state index contributed by atoms with van der Waals surface area (Å²) >= 11 is 0. The summed E-state index contributed by atoms with van der Waals surface area (Å²) in [5, 5.41) is 3.03. The average Bonchev–Trinajstić information content (AvgIpc) is 2.74. The molecule has 1 atom stereocenters. The molecule has 1 fully saturated rings. The van der Waals surface area contributed by atoms with E-state index in [2.05, 4.69) is 19.2 Å². The van der Waals surface area contributed by atoms with Gasteiger partial charge in [0.25, 0.3) is 5.91 Å². The number of nitrogens with one attached hydrogen (secondary N) is 1. The van der Waals surface area contributed by atoms with Crippen LogP contribution in [0, 0.1) is 0 Å². The van der Waals surface area contributed by atoms with Crippen LogP contribution in [0.4, 0.5) is 5.69 Å². The van der Waals surface area contributed by atoms with E-state index < -0.39 is 10.0 Å². The second-order valence-electron chi connectivity index (χ2n) is 7.60. The number of anilines is 1. The predicted molar refractivity (Wildman–Crippen MR) is 117 cm³/mol. The van der Waals surface area contributed by atoms with Crippen molar-refractivity contribution in [2.45, 2.75) is 63.8 Å². The van der Waals surface area contributed by atoms with Crippen LogP contribution in [0.5, 0.6) is 0 Å². The van der Waals surface area contributed by atoms with Crippen molar-refractivity contribution in [2.75, 3.05) is 11.9 Å². The van der Waals surface area contributed by atoms with E-state index in [1.54, 1.807) is 16.4 Å². The average molecular weight is 415 g/mol. The number of carbonyl (C=O) groups excluding carboxylic acids is 1. The second-order valence-corrected chi connectivity index (χ2v) is 9.49. The van der Waals surface area contributed by atoms with Gasteiger partial charge in [-0.2, -0.15) is 4.31 Å². The Morgan fingerprint density at radius 2 is 1.66 bits per heavy atom. The minimum absolute atomic E-state index is 0.00901. The fourth-order valence-electron chi connectivity index (χ4n) is 3.93. The SMILES string of the molecule is CCc1cccc(CC)c1NC(=O)c1ccc(S(=O)(=O)N2CCCCC2C)cc1. The number of nitrogens with zero attached hydrogens (tertiary/aromatic N) is 1. The molecular weight excluding hydrogens is 384 g/mol. The van der Waals surface area contributed by atoms with Gasteiger partial charge in [-0.15, -0.1) is 0 Å². The molecule has 156 valence electrons. The van der Waals surface area contributed by atoms with Crippen LogP contribution in [-0.4, -0.2) is 31.2 Å². The zero-order valence-corrected chi connectivity index (χ0v) is 18.3.